The molecule has 0 saturated heterocycles. The largest absolute Gasteiger partial charge is 0.460 e. The zero-order valence-electron chi connectivity index (χ0n) is 27.7. The van der Waals surface area contributed by atoms with Crippen molar-refractivity contribution in [1.29, 1.82) is 0 Å². The highest BCUT2D eigenvalue weighted by Gasteiger charge is 2.95. The van der Waals surface area contributed by atoms with E-state index in [1.807, 2.05) is 0 Å². The van der Waals surface area contributed by atoms with Gasteiger partial charge in [-0.15, -0.1) is 0 Å². The molecule has 296 valence electrons. The minimum atomic E-state index is -8.63. The van der Waals surface area contributed by atoms with E-state index in [-0.39, 0.29) is 23.6 Å². The minimum absolute atomic E-state index is 0.105. The normalized spacial score (nSPS) is 23.8. The first kappa shape index (κ1) is 43.4. The molecule has 1 aromatic rings. The summed E-state index contributed by atoms with van der Waals surface area (Å²) < 4.78 is 232. The monoisotopic (exact) mass is 772 g/mol. The molecule has 0 nitrogen and oxygen atoms in total. The summed E-state index contributed by atoms with van der Waals surface area (Å²) in [5.74, 6) is -54.9. The number of halogens is 17. The molecule has 2 aliphatic carbocycles. The molecule has 1 aromatic carbocycles. The Labute approximate surface area is 284 Å². The Balaban J connectivity index is 1.63. The third kappa shape index (κ3) is 8.11. The van der Waals surface area contributed by atoms with Crippen LogP contribution in [0.15, 0.2) is 24.3 Å². The summed E-state index contributed by atoms with van der Waals surface area (Å²) in [4.78, 5) is 0. The summed E-state index contributed by atoms with van der Waals surface area (Å²) in [6.45, 7) is 2.17. The van der Waals surface area contributed by atoms with Gasteiger partial charge in [0.15, 0.2) is 0 Å². The van der Waals surface area contributed by atoms with Gasteiger partial charge in [0, 0.05) is 5.56 Å². The molecule has 17 heteroatoms. The van der Waals surface area contributed by atoms with Gasteiger partial charge >= 0.3 is 47.6 Å². The molecule has 2 aliphatic rings. The molecule has 0 unspecified atom stereocenters. The van der Waals surface area contributed by atoms with Crippen LogP contribution in [0.2, 0.25) is 0 Å². The first-order chi connectivity index (χ1) is 23.2. The fraction of sp³-hybridized carbons (Fsp3) is 0.824. The molecule has 0 N–H and O–H groups in total. The zero-order valence-corrected chi connectivity index (χ0v) is 27.7. The Morgan fingerprint density at radius 2 is 0.804 bits per heavy atom. The van der Waals surface area contributed by atoms with E-state index in [4.69, 9.17) is 0 Å². The molecule has 0 bridgehead atoms. The molecule has 51 heavy (non-hydrogen) atoms. The lowest BCUT2D eigenvalue weighted by Crippen LogP contribution is -2.74. The van der Waals surface area contributed by atoms with Crippen molar-refractivity contribution in [2.24, 2.45) is 17.8 Å². The maximum absolute atomic E-state index is 14.7. The highest BCUT2D eigenvalue weighted by molar-refractivity contribution is 5.31. The van der Waals surface area contributed by atoms with Crippen LogP contribution in [0.3, 0.4) is 0 Å². The third-order valence-electron chi connectivity index (χ3n) is 10.7. The molecule has 2 fully saturated rings. The molecule has 0 spiro atoms. The molecule has 0 aliphatic heterocycles. The van der Waals surface area contributed by atoms with Gasteiger partial charge in [-0.1, -0.05) is 102 Å². The summed E-state index contributed by atoms with van der Waals surface area (Å²) in [6, 6.07) is 1.78. The van der Waals surface area contributed by atoms with Gasteiger partial charge in [-0.2, -0.15) is 74.6 Å². The van der Waals surface area contributed by atoms with Crippen molar-refractivity contribution < 1.29 is 74.6 Å². The van der Waals surface area contributed by atoms with Crippen molar-refractivity contribution in [3.63, 3.8) is 0 Å². The van der Waals surface area contributed by atoms with Gasteiger partial charge < -0.3 is 0 Å². The summed E-state index contributed by atoms with van der Waals surface area (Å²) in [7, 11) is 0. The van der Waals surface area contributed by atoms with Crippen molar-refractivity contribution in [3.8, 4) is 0 Å². The summed E-state index contributed by atoms with van der Waals surface area (Å²) in [6.07, 6.45) is 7.83. The average Bonchev–Trinajstić information content (AvgIpc) is 3.05. The van der Waals surface area contributed by atoms with Crippen molar-refractivity contribution in [2.45, 2.75) is 157 Å². The smallest absolute Gasteiger partial charge is 0.194 e. The lowest BCUT2D eigenvalue weighted by molar-refractivity contribution is -0.462. The molecule has 0 aromatic heterocycles. The molecular formula is C34H41F17. The fourth-order valence-corrected chi connectivity index (χ4v) is 7.23. The molecular weight excluding hydrogens is 731 g/mol. The van der Waals surface area contributed by atoms with E-state index < -0.39 is 53.2 Å². The van der Waals surface area contributed by atoms with E-state index in [0.29, 0.717) is 24.7 Å². The molecule has 3 rings (SSSR count). The fourth-order valence-electron chi connectivity index (χ4n) is 7.23. The van der Waals surface area contributed by atoms with Crippen LogP contribution < -0.4 is 0 Å². The van der Waals surface area contributed by atoms with Crippen LogP contribution in [-0.4, -0.2) is 41.7 Å². The van der Waals surface area contributed by atoms with Crippen molar-refractivity contribution in [3.05, 3.63) is 35.4 Å². The second-order valence-electron chi connectivity index (χ2n) is 14.2. The number of benzene rings is 1. The van der Waals surface area contributed by atoms with Gasteiger partial charge in [0.1, 0.15) is 0 Å². The van der Waals surface area contributed by atoms with Crippen LogP contribution >= 0.6 is 0 Å². The Kier molecular flexibility index (Phi) is 13.1. The van der Waals surface area contributed by atoms with Crippen molar-refractivity contribution >= 4 is 0 Å². The van der Waals surface area contributed by atoms with E-state index >= 15 is 0 Å². The Morgan fingerprint density at radius 1 is 0.431 bits per heavy atom. The van der Waals surface area contributed by atoms with Crippen LogP contribution in [0.1, 0.15) is 120 Å². The number of rotatable bonds is 16. The zero-order chi connectivity index (χ0) is 38.9. The predicted molar refractivity (Wildman–Crippen MR) is 154 cm³/mol. The van der Waals surface area contributed by atoms with Crippen molar-refractivity contribution in [2.75, 3.05) is 0 Å². The maximum atomic E-state index is 14.7. The minimum Gasteiger partial charge on any atom is -0.194 e. The second kappa shape index (κ2) is 15.4. The van der Waals surface area contributed by atoms with E-state index in [2.05, 4.69) is 6.92 Å². The van der Waals surface area contributed by atoms with Crippen LogP contribution in [-0.2, 0) is 5.92 Å². The average molecular weight is 773 g/mol. The van der Waals surface area contributed by atoms with Crippen LogP contribution in [0.5, 0.6) is 0 Å². The summed E-state index contributed by atoms with van der Waals surface area (Å²) in [5, 5.41) is 0. The Hall–Kier alpha value is -1.97. The molecule has 0 heterocycles. The van der Waals surface area contributed by atoms with E-state index in [9.17, 15) is 74.6 Å². The first-order valence-electron chi connectivity index (χ1n) is 17.0. The van der Waals surface area contributed by atoms with Crippen LogP contribution in [0, 0.1) is 17.8 Å². The van der Waals surface area contributed by atoms with Crippen LogP contribution in [0.4, 0.5) is 74.6 Å². The van der Waals surface area contributed by atoms with Gasteiger partial charge in [-0.3, -0.25) is 0 Å². The topological polar surface area (TPSA) is 0 Å². The van der Waals surface area contributed by atoms with Gasteiger partial charge in [0.2, 0.25) is 0 Å². The number of unbranched alkanes of at least 4 members (excludes halogenated alkanes) is 3. The summed E-state index contributed by atoms with van der Waals surface area (Å²) in [5.41, 5.74) is -1.89. The van der Waals surface area contributed by atoms with Crippen LogP contribution in [0.25, 0.3) is 0 Å². The van der Waals surface area contributed by atoms with Gasteiger partial charge in [-0.25, -0.2) is 0 Å². The highest BCUT2D eigenvalue weighted by atomic mass is 19.4. The van der Waals surface area contributed by atoms with Gasteiger partial charge in [0.25, 0.3) is 0 Å². The molecule has 0 atom stereocenters. The maximum Gasteiger partial charge on any atom is 0.460 e. The number of hydrogen-bond donors (Lipinski definition) is 0. The Morgan fingerprint density at radius 3 is 1.22 bits per heavy atom. The first-order valence-corrected chi connectivity index (χ1v) is 17.0. The quantitative estimate of drug-likeness (QED) is 0.116. The van der Waals surface area contributed by atoms with Gasteiger partial charge in [-0.05, 0) is 54.9 Å². The van der Waals surface area contributed by atoms with Crippen molar-refractivity contribution in [1.82, 2.24) is 0 Å². The molecule has 2 saturated carbocycles. The summed E-state index contributed by atoms with van der Waals surface area (Å²) >= 11 is 0. The highest BCUT2D eigenvalue weighted by Crippen LogP contribution is 2.65. The number of hydrogen-bond acceptors (Lipinski definition) is 0. The lowest BCUT2D eigenvalue weighted by Gasteiger charge is -2.42. The second-order valence-corrected chi connectivity index (χ2v) is 14.2. The lowest BCUT2D eigenvalue weighted by atomic mass is 9.74. The van der Waals surface area contributed by atoms with E-state index in [1.54, 1.807) is 0 Å². The van der Waals surface area contributed by atoms with E-state index in [1.165, 1.54) is 57.8 Å². The van der Waals surface area contributed by atoms with E-state index in [0.717, 1.165) is 43.7 Å². The molecule has 0 amide bonds. The molecule has 0 radical (unpaired) electrons. The number of alkyl halides is 17. The third-order valence-corrected chi connectivity index (χ3v) is 10.7. The standard InChI is InChI=1S/C34H41F17/c1-2-3-4-5-6-21-7-9-22(10-8-21)11-12-23-13-15-24(16-14-23)25-17-19-26(20-18-25)27(35,36)28(37,38)29(39,40)30(41,42)31(43,44)32(45,46)33(47,48)34(49,50)51/h17-24H,2-16H2,1H3/t21-,22-,23-,24-. The van der Waals surface area contributed by atoms with Gasteiger partial charge in [0.05, 0.1) is 0 Å². The Bertz CT molecular complexity index is 1240. The SMILES string of the molecule is CCCCCC[C@H]1CC[C@H](CC[C@H]2CC[C@H](c3ccc(C(F)(F)C(F)(F)C(F)(F)C(F)(F)C(F)(F)C(F)(F)C(F)(F)C(F)(F)F)cc3)CC2)CC1. The predicted octanol–water partition coefficient (Wildman–Crippen LogP) is 14.0.